The molecule has 1 aliphatic rings. The Labute approximate surface area is 128 Å². The number of alkyl halides is 1. The first-order chi connectivity index (χ1) is 9.09. The summed E-state index contributed by atoms with van der Waals surface area (Å²) in [5, 5.41) is 0.206. The lowest BCUT2D eigenvalue weighted by Crippen LogP contribution is -2.34. The zero-order valence-corrected chi connectivity index (χ0v) is 12.8. The number of hydrogen-bond donors (Lipinski definition) is 0. The van der Waals surface area contributed by atoms with E-state index in [1.165, 1.54) is 12.8 Å². The topological polar surface area (TPSA) is 20.3 Å². The first kappa shape index (κ1) is 15.0. The summed E-state index contributed by atoms with van der Waals surface area (Å²) in [5.41, 5.74) is 0.699. The smallest absolute Gasteiger partial charge is 0.245 e. The SMILES string of the molecule is O=C(C(Cl)c1ccc(Cl)c(Cl)c1)N1CCCCCC1. The fraction of sp³-hybridized carbons (Fsp3) is 0.500. The van der Waals surface area contributed by atoms with E-state index in [2.05, 4.69) is 0 Å². The summed E-state index contributed by atoms with van der Waals surface area (Å²) in [5.74, 6) is -0.0399. The van der Waals surface area contributed by atoms with Crippen LogP contribution in [-0.2, 0) is 4.79 Å². The van der Waals surface area contributed by atoms with Gasteiger partial charge in [-0.1, -0.05) is 42.1 Å². The minimum atomic E-state index is -0.687. The van der Waals surface area contributed by atoms with E-state index in [-0.39, 0.29) is 5.91 Å². The number of carbonyl (C=O) groups is 1. The molecule has 0 bridgehead atoms. The molecule has 1 aromatic carbocycles. The molecule has 2 nitrogen and oxygen atoms in total. The van der Waals surface area contributed by atoms with Gasteiger partial charge in [0.25, 0.3) is 0 Å². The highest BCUT2D eigenvalue weighted by Crippen LogP contribution is 2.30. The second-order valence-corrected chi connectivity index (χ2v) is 6.03. The molecule has 2 rings (SSSR count). The third-order valence-electron chi connectivity index (χ3n) is 3.37. The van der Waals surface area contributed by atoms with Gasteiger partial charge in [0.1, 0.15) is 5.38 Å². The number of nitrogens with zero attached hydrogens (tertiary/aromatic N) is 1. The van der Waals surface area contributed by atoms with Crippen molar-refractivity contribution in [1.82, 2.24) is 4.90 Å². The van der Waals surface area contributed by atoms with Gasteiger partial charge in [-0.05, 0) is 30.5 Å². The summed E-state index contributed by atoms with van der Waals surface area (Å²) in [6.07, 6.45) is 4.47. The van der Waals surface area contributed by atoms with Crippen LogP contribution in [0.3, 0.4) is 0 Å². The van der Waals surface area contributed by atoms with Gasteiger partial charge in [0.2, 0.25) is 5.91 Å². The van der Waals surface area contributed by atoms with Crippen LogP contribution in [-0.4, -0.2) is 23.9 Å². The summed E-state index contributed by atoms with van der Waals surface area (Å²) in [4.78, 5) is 14.2. The largest absolute Gasteiger partial charge is 0.341 e. The van der Waals surface area contributed by atoms with Crippen molar-refractivity contribution in [2.45, 2.75) is 31.1 Å². The highest BCUT2D eigenvalue weighted by atomic mass is 35.5. The van der Waals surface area contributed by atoms with Crippen molar-refractivity contribution < 1.29 is 4.79 Å². The number of hydrogen-bond acceptors (Lipinski definition) is 1. The summed E-state index contributed by atoms with van der Waals surface area (Å²) in [7, 11) is 0. The molecule has 1 amide bonds. The quantitative estimate of drug-likeness (QED) is 0.725. The molecule has 1 atom stereocenters. The fourth-order valence-corrected chi connectivity index (χ4v) is 2.84. The molecule has 0 spiro atoms. The lowest BCUT2D eigenvalue weighted by molar-refractivity contribution is -0.130. The zero-order valence-electron chi connectivity index (χ0n) is 10.5. The molecule has 0 aromatic heterocycles. The van der Waals surface area contributed by atoms with Gasteiger partial charge in [0, 0.05) is 13.1 Å². The van der Waals surface area contributed by atoms with Crippen molar-refractivity contribution >= 4 is 40.7 Å². The van der Waals surface area contributed by atoms with Crippen LogP contribution in [0.2, 0.25) is 10.0 Å². The van der Waals surface area contributed by atoms with Crippen molar-refractivity contribution in [2.24, 2.45) is 0 Å². The Bertz CT molecular complexity index is 456. The van der Waals surface area contributed by atoms with Gasteiger partial charge in [0.05, 0.1) is 10.0 Å². The van der Waals surface area contributed by atoms with Crippen LogP contribution in [0.5, 0.6) is 0 Å². The van der Waals surface area contributed by atoms with Crippen molar-refractivity contribution in [2.75, 3.05) is 13.1 Å². The van der Waals surface area contributed by atoms with E-state index >= 15 is 0 Å². The number of likely N-dealkylation sites (tertiary alicyclic amines) is 1. The first-order valence-corrected chi connectivity index (χ1v) is 7.66. The number of halogens is 3. The highest BCUT2D eigenvalue weighted by Gasteiger charge is 2.24. The van der Waals surface area contributed by atoms with Crippen LogP contribution in [0, 0.1) is 0 Å². The van der Waals surface area contributed by atoms with Crippen LogP contribution in [0.4, 0.5) is 0 Å². The summed E-state index contributed by atoms with van der Waals surface area (Å²) in [6.45, 7) is 1.59. The molecule has 104 valence electrons. The third-order valence-corrected chi connectivity index (χ3v) is 4.55. The average molecular weight is 321 g/mol. The standard InChI is InChI=1S/C14H16Cl3NO/c15-11-6-5-10(9-12(11)16)13(17)14(19)18-7-3-1-2-4-8-18/h5-6,9,13H,1-4,7-8H2. The minimum absolute atomic E-state index is 0.0399. The molecule has 1 saturated heterocycles. The number of amides is 1. The molecule has 0 N–H and O–H groups in total. The average Bonchev–Trinajstić information content (AvgIpc) is 2.69. The maximum atomic E-state index is 12.4. The van der Waals surface area contributed by atoms with Gasteiger partial charge in [-0.15, -0.1) is 11.6 Å². The fourth-order valence-electron chi connectivity index (χ4n) is 2.26. The molecule has 1 heterocycles. The maximum absolute atomic E-state index is 12.4. The molecule has 19 heavy (non-hydrogen) atoms. The van der Waals surface area contributed by atoms with E-state index in [1.54, 1.807) is 18.2 Å². The first-order valence-electron chi connectivity index (χ1n) is 6.47. The molecule has 0 aliphatic carbocycles. The molecule has 1 aromatic rings. The zero-order chi connectivity index (χ0) is 13.8. The predicted molar refractivity (Wildman–Crippen MR) is 80.1 cm³/mol. The Morgan fingerprint density at radius 1 is 1.05 bits per heavy atom. The van der Waals surface area contributed by atoms with Crippen molar-refractivity contribution in [3.05, 3.63) is 33.8 Å². The summed E-state index contributed by atoms with van der Waals surface area (Å²) < 4.78 is 0. The van der Waals surface area contributed by atoms with Crippen molar-refractivity contribution in [3.8, 4) is 0 Å². The molecule has 1 fully saturated rings. The molecular weight excluding hydrogens is 305 g/mol. The predicted octanol–water partition coefficient (Wildman–Crippen LogP) is 4.68. The Morgan fingerprint density at radius 2 is 1.68 bits per heavy atom. The van der Waals surface area contributed by atoms with Gasteiger partial charge in [-0.25, -0.2) is 0 Å². The molecule has 0 radical (unpaired) electrons. The van der Waals surface area contributed by atoms with E-state index in [4.69, 9.17) is 34.8 Å². The molecular formula is C14H16Cl3NO. The molecule has 5 heteroatoms. The number of rotatable bonds is 2. The van der Waals surface area contributed by atoms with Gasteiger partial charge < -0.3 is 4.90 Å². The minimum Gasteiger partial charge on any atom is -0.341 e. The highest BCUT2D eigenvalue weighted by molar-refractivity contribution is 6.42. The van der Waals surface area contributed by atoms with E-state index in [9.17, 15) is 4.79 Å². The van der Waals surface area contributed by atoms with Gasteiger partial charge in [-0.2, -0.15) is 0 Å². The lowest BCUT2D eigenvalue weighted by atomic mass is 10.1. The second kappa shape index (κ2) is 6.83. The van der Waals surface area contributed by atoms with Crippen LogP contribution in [0.15, 0.2) is 18.2 Å². The Morgan fingerprint density at radius 3 is 2.26 bits per heavy atom. The Balaban J connectivity index is 2.10. The lowest BCUT2D eigenvalue weighted by Gasteiger charge is -2.23. The summed E-state index contributed by atoms with van der Waals surface area (Å²) in [6, 6.07) is 5.09. The summed E-state index contributed by atoms with van der Waals surface area (Å²) >= 11 is 18.1. The van der Waals surface area contributed by atoms with E-state index in [0.29, 0.717) is 15.6 Å². The maximum Gasteiger partial charge on any atom is 0.245 e. The van der Waals surface area contributed by atoms with Crippen LogP contribution >= 0.6 is 34.8 Å². The monoisotopic (exact) mass is 319 g/mol. The molecule has 1 aliphatic heterocycles. The molecule has 1 unspecified atom stereocenters. The van der Waals surface area contributed by atoms with Crippen molar-refractivity contribution in [3.63, 3.8) is 0 Å². The Hall–Kier alpha value is -0.440. The molecule has 0 saturated carbocycles. The normalized spacial score (nSPS) is 17.9. The Kier molecular flexibility index (Phi) is 5.37. The van der Waals surface area contributed by atoms with Crippen molar-refractivity contribution in [1.29, 1.82) is 0 Å². The van der Waals surface area contributed by atoms with Crippen LogP contribution < -0.4 is 0 Å². The second-order valence-electron chi connectivity index (χ2n) is 4.78. The number of carbonyl (C=O) groups excluding carboxylic acids is 1. The van der Waals surface area contributed by atoms with Gasteiger partial charge in [0.15, 0.2) is 0 Å². The van der Waals surface area contributed by atoms with E-state index in [0.717, 1.165) is 25.9 Å². The van der Waals surface area contributed by atoms with Crippen LogP contribution in [0.1, 0.15) is 36.6 Å². The number of benzene rings is 1. The van der Waals surface area contributed by atoms with Gasteiger partial charge >= 0.3 is 0 Å². The third kappa shape index (κ3) is 3.77. The van der Waals surface area contributed by atoms with Gasteiger partial charge in [-0.3, -0.25) is 4.79 Å². The van der Waals surface area contributed by atoms with Crippen LogP contribution in [0.25, 0.3) is 0 Å². The van der Waals surface area contributed by atoms with E-state index in [1.807, 2.05) is 4.90 Å². The van der Waals surface area contributed by atoms with E-state index < -0.39 is 5.38 Å².